The van der Waals surface area contributed by atoms with Gasteiger partial charge in [-0.05, 0) is 44.5 Å². The fraction of sp³-hybridized carbons (Fsp3) is 0.263. The number of hydrazone groups is 1. The van der Waals surface area contributed by atoms with Gasteiger partial charge in [-0.15, -0.1) is 0 Å². The molecule has 0 saturated carbocycles. The van der Waals surface area contributed by atoms with E-state index in [2.05, 4.69) is 15.8 Å². The number of phenols is 3. The Balaban J connectivity index is 2.10. The number of phenolic OH excluding ortho intramolecular Hbond substituents is 3. The van der Waals surface area contributed by atoms with Gasteiger partial charge < -0.3 is 20.6 Å². The molecule has 26 heavy (non-hydrogen) atoms. The Hall–Kier alpha value is -3.22. The average Bonchev–Trinajstić information content (AvgIpc) is 2.61. The van der Waals surface area contributed by atoms with Crippen molar-refractivity contribution in [3.63, 3.8) is 0 Å². The van der Waals surface area contributed by atoms with Crippen molar-refractivity contribution in [2.24, 2.45) is 5.10 Å². The molecular formula is C19H23N3O4. The topological polar surface area (TPSA) is 114 Å². The van der Waals surface area contributed by atoms with Crippen molar-refractivity contribution in [1.82, 2.24) is 5.43 Å². The second kappa shape index (κ2) is 8.24. The first kappa shape index (κ1) is 19.1. The molecule has 5 N–H and O–H groups in total. The van der Waals surface area contributed by atoms with Crippen LogP contribution in [-0.2, 0) is 4.79 Å². The fourth-order valence-corrected chi connectivity index (χ4v) is 2.38. The normalized spacial score (nSPS) is 12.5. The van der Waals surface area contributed by atoms with Crippen LogP contribution in [0.1, 0.15) is 31.4 Å². The molecular weight excluding hydrogens is 334 g/mol. The number of carbonyl (C=O) groups is 1. The zero-order valence-corrected chi connectivity index (χ0v) is 14.9. The molecule has 0 fully saturated rings. The fourth-order valence-electron chi connectivity index (χ4n) is 2.38. The number of anilines is 1. The van der Waals surface area contributed by atoms with E-state index < -0.39 is 6.04 Å². The molecule has 7 heteroatoms. The lowest BCUT2D eigenvalue weighted by molar-refractivity contribution is -0.121. The second-order valence-corrected chi connectivity index (χ2v) is 5.91. The second-order valence-electron chi connectivity index (χ2n) is 5.91. The third-order valence-corrected chi connectivity index (χ3v) is 3.97. The van der Waals surface area contributed by atoms with Crippen LogP contribution in [0, 0.1) is 6.92 Å². The van der Waals surface area contributed by atoms with E-state index in [1.165, 1.54) is 12.1 Å². The SMILES string of the molecule is CC/C(=N\NC(=O)C(C)Nc1cccc(O)c1)c1ccc(O)c(C)c1O. The predicted octanol–water partition coefficient (Wildman–Crippen LogP) is 2.84. The van der Waals surface area contributed by atoms with Gasteiger partial charge in [0.1, 0.15) is 23.3 Å². The Kier molecular flexibility index (Phi) is 6.06. The van der Waals surface area contributed by atoms with Gasteiger partial charge in [0.2, 0.25) is 0 Å². The molecule has 0 aliphatic heterocycles. The van der Waals surface area contributed by atoms with Crippen LogP contribution in [0.15, 0.2) is 41.5 Å². The van der Waals surface area contributed by atoms with E-state index in [9.17, 15) is 20.1 Å². The standard InChI is InChI=1S/C19H23N3O4/c1-4-16(15-8-9-17(24)11(2)18(15)25)21-22-19(26)12(3)20-13-6-5-7-14(23)10-13/h5-10,12,20,23-25H,4H2,1-3H3,(H,22,26)/b21-16+. The summed E-state index contributed by atoms with van der Waals surface area (Å²) >= 11 is 0. The minimum Gasteiger partial charge on any atom is -0.508 e. The number of nitrogens with zero attached hydrogens (tertiary/aromatic N) is 1. The number of rotatable bonds is 6. The smallest absolute Gasteiger partial charge is 0.262 e. The zero-order valence-electron chi connectivity index (χ0n) is 14.9. The lowest BCUT2D eigenvalue weighted by Gasteiger charge is -2.15. The van der Waals surface area contributed by atoms with Gasteiger partial charge >= 0.3 is 0 Å². The van der Waals surface area contributed by atoms with E-state index in [0.29, 0.717) is 28.9 Å². The first-order valence-electron chi connectivity index (χ1n) is 8.27. The zero-order chi connectivity index (χ0) is 19.3. The number of nitrogens with one attached hydrogen (secondary N) is 2. The Morgan fingerprint density at radius 1 is 1.19 bits per heavy atom. The highest BCUT2D eigenvalue weighted by Gasteiger charge is 2.15. The lowest BCUT2D eigenvalue weighted by atomic mass is 10.0. The molecule has 1 amide bonds. The van der Waals surface area contributed by atoms with Gasteiger partial charge in [-0.25, -0.2) is 5.43 Å². The monoisotopic (exact) mass is 357 g/mol. The summed E-state index contributed by atoms with van der Waals surface area (Å²) in [6, 6.07) is 8.91. The Morgan fingerprint density at radius 3 is 2.58 bits per heavy atom. The average molecular weight is 357 g/mol. The third-order valence-electron chi connectivity index (χ3n) is 3.97. The van der Waals surface area contributed by atoms with E-state index in [1.807, 2.05) is 6.92 Å². The highest BCUT2D eigenvalue weighted by atomic mass is 16.3. The molecule has 0 aromatic heterocycles. The summed E-state index contributed by atoms with van der Waals surface area (Å²) in [5.74, 6) is -0.332. The van der Waals surface area contributed by atoms with Gasteiger partial charge in [-0.3, -0.25) is 4.79 Å². The van der Waals surface area contributed by atoms with Crippen LogP contribution in [0.3, 0.4) is 0 Å². The minimum atomic E-state index is -0.589. The van der Waals surface area contributed by atoms with Crippen LogP contribution >= 0.6 is 0 Å². The first-order valence-corrected chi connectivity index (χ1v) is 8.27. The minimum absolute atomic E-state index is 0.00493. The summed E-state index contributed by atoms with van der Waals surface area (Å²) in [7, 11) is 0. The molecule has 1 unspecified atom stereocenters. The Labute approximate surface area is 152 Å². The summed E-state index contributed by atoms with van der Waals surface area (Å²) in [5, 5.41) is 36.4. The molecule has 0 aliphatic carbocycles. The number of hydrogen-bond acceptors (Lipinski definition) is 6. The molecule has 2 rings (SSSR count). The summed E-state index contributed by atoms with van der Waals surface area (Å²) in [5.41, 5.74) is 4.39. The van der Waals surface area contributed by atoms with Crippen molar-refractivity contribution in [3.05, 3.63) is 47.5 Å². The number of benzene rings is 2. The maximum atomic E-state index is 12.2. The molecule has 2 aromatic rings. The van der Waals surface area contributed by atoms with Crippen LogP contribution in [-0.4, -0.2) is 33.0 Å². The molecule has 0 saturated heterocycles. The molecule has 0 radical (unpaired) electrons. The maximum absolute atomic E-state index is 12.2. The molecule has 138 valence electrons. The van der Waals surface area contributed by atoms with E-state index in [-0.39, 0.29) is 23.2 Å². The Morgan fingerprint density at radius 2 is 1.92 bits per heavy atom. The van der Waals surface area contributed by atoms with Gasteiger partial charge in [-0.2, -0.15) is 5.10 Å². The molecule has 0 spiro atoms. The van der Waals surface area contributed by atoms with Gasteiger partial charge in [0.05, 0.1) is 5.71 Å². The van der Waals surface area contributed by atoms with E-state index in [1.54, 1.807) is 38.1 Å². The predicted molar refractivity (Wildman–Crippen MR) is 101 cm³/mol. The summed E-state index contributed by atoms with van der Waals surface area (Å²) < 4.78 is 0. The number of amides is 1. The number of carbonyl (C=O) groups excluding carboxylic acids is 1. The quantitative estimate of drug-likeness (QED) is 0.403. The lowest BCUT2D eigenvalue weighted by Crippen LogP contribution is -2.35. The largest absolute Gasteiger partial charge is 0.508 e. The van der Waals surface area contributed by atoms with Crippen molar-refractivity contribution in [3.8, 4) is 17.2 Å². The molecule has 1 atom stereocenters. The van der Waals surface area contributed by atoms with Crippen molar-refractivity contribution in [2.45, 2.75) is 33.2 Å². The summed E-state index contributed by atoms with van der Waals surface area (Å²) in [6.45, 7) is 5.12. The summed E-state index contributed by atoms with van der Waals surface area (Å²) in [6.07, 6.45) is 0.479. The number of hydrogen-bond donors (Lipinski definition) is 5. The van der Waals surface area contributed by atoms with Crippen LogP contribution in [0.4, 0.5) is 5.69 Å². The summed E-state index contributed by atoms with van der Waals surface area (Å²) in [4.78, 5) is 12.2. The highest BCUT2D eigenvalue weighted by Crippen LogP contribution is 2.30. The third kappa shape index (κ3) is 4.44. The van der Waals surface area contributed by atoms with Crippen molar-refractivity contribution in [1.29, 1.82) is 0 Å². The molecule has 0 heterocycles. The van der Waals surface area contributed by atoms with Crippen LogP contribution < -0.4 is 10.7 Å². The Bertz CT molecular complexity index is 834. The first-order chi connectivity index (χ1) is 12.3. The van der Waals surface area contributed by atoms with Crippen molar-refractivity contribution < 1.29 is 20.1 Å². The maximum Gasteiger partial charge on any atom is 0.262 e. The van der Waals surface area contributed by atoms with Crippen LogP contribution in [0.25, 0.3) is 0 Å². The van der Waals surface area contributed by atoms with Crippen molar-refractivity contribution >= 4 is 17.3 Å². The highest BCUT2D eigenvalue weighted by molar-refractivity contribution is 6.03. The van der Waals surface area contributed by atoms with Crippen LogP contribution in [0.2, 0.25) is 0 Å². The van der Waals surface area contributed by atoms with Gasteiger partial charge in [0.25, 0.3) is 5.91 Å². The number of aromatic hydroxyl groups is 3. The van der Waals surface area contributed by atoms with E-state index in [0.717, 1.165) is 0 Å². The van der Waals surface area contributed by atoms with Gasteiger partial charge in [0.15, 0.2) is 0 Å². The van der Waals surface area contributed by atoms with E-state index in [4.69, 9.17) is 0 Å². The van der Waals surface area contributed by atoms with Gasteiger partial charge in [-0.1, -0.05) is 13.0 Å². The molecule has 7 nitrogen and oxygen atoms in total. The molecule has 0 aliphatic rings. The van der Waals surface area contributed by atoms with E-state index >= 15 is 0 Å². The van der Waals surface area contributed by atoms with Crippen molar-refractivity contribution in [2.75, 3.05) is 5.32 Å². The van der Waals surface area contributed by atoms with Gasteiger partial charge in [0, 0.05) is 22.9 Å². The molecule has 0 bridgehead atoms. The molecule has 2 aromatic carbocycles. The van der Waals surface area contributed by atoms with Crippen LogP contribution in [0.5, 0.6) is 17.2 Å².